The van der Waals surface area contributed by atoms with Crippen LogP contribution in [0.2, 0.25) is 18.1 Å². The summed E-state index contributed by atoms with van der Waals surface area (Å²) in [6.07, 6.45) is 2.94. The van der Waals surface area contributed by atoms with Gasteiger partial charge in [0.1, 0.15) is 12.2 Å². The highest BCUT2D eigenvalue weighted by Crippen LogP contribution is 2.50. The highest BCUT2D eigenvalue weighted by molar-refractivity contribution is 6.73. The molecule has 376 valence electrons. The molecule has 5 heterocycles. The maximum Gasteiger partial charge on any atom is 0.331 e. The van der Waals surface area contributed by atoms with Crippen molar-refractivity contribution < 1.29 is 77.2 Å². The van der Waals surface area contributed by atoms with Crippen LogP contribution in [0.25, 0.3) is 0 Å². The zero-order valence-electron chi connectivity index (χ0n) is 41.1. The zero-order chi connectivity index (χ0) is 49.5. The molecule has 5 rings (SSSR count). The number of esters is 4. The third-order valence-corrected chi connectivity index (χ3v) is 19.4. The Labute approximate surface area is 396 Å². The van der Waals surface area contributed by atoms with Gasteiger partial charge in [-0.3, -0.25) is 4.79 Å². The standard InChI is InChI=1S/C50H76O16Si/c1-11-15-16-17-18-19-41(53)63-46-37-28-44(56)62-45(37)39-29-38(31(5)66-67(12-2,13-3)14-4)61-43(55)26-33(51)25-35-27-40(52)48(8,9)49(57,64-35)30-36-23-32(24-42(54)59-10)22-34(60-36)20-21-47(6,7)50(46,58)65-39/h16-21,24,28,31,33-36,38-40,45-46,51-52,57-58H,11-15,22-23,25-27,29-30H2,1-10H3/b17-16+,19-18+,21-20+,32-24+/t31-,33-,34+,35-,36+,38-,39-,40+,45+,46+,49+,50-/m1/s1. The molecule has 0 unspecified atom stereocenters. The van der Waals surface area contributed by atoms with Crippen molar-refractivity contribution in [1.82, 2.24) is 0 Å². The van der Waals surface area contributed by atoms with Crippen LogP contribution in [0.4, 0.5) is 0 Å². The molecule has 0 aromatic heterocycles. The van der Waals surface area contributed by atoms with E-state index < -0.39 is 122 Å². The molecule has 0 aliphatic carbocycles. The Balaban J connectivity index is 1.65. The normalized spacial score (nSPS) is 36.4. The maximum absolute atomic E-state index is 14.0. The lowest BCUT2D eigenvalue weighted by Crippen LogP contribution is -2.65. The molecule has 5 aliphatic rings. The number of methoxy groups -OCH3 is 1. The van der Waals surface area contributed by atoms with Crippen LogP contribution in [0.15, 0.2) is 59.8 Å². The molecule has 12 atom stereocenters. The van der Waals surface area contributed by atoms with Crippen molar-refractivity contribution in [3.8, 4) is 0 Å². The van der Waals surface area contributed by atoms with E-state index in [0.717, 1.165) is 31.0 Å². The number of cyclic esters (lactones) is 1. The Kier molecular flexibility index (Phi) is 18.3. The van der Waals surface area contributed by atoms with E-state index in [1.807, 2.05) is 13.0 Å². The van der Waals surface area contributed by atoms with Crippen LogP contribution in [0.5, 0.6) is 0 Å². The molecule has 0 amide bonds. The summed E-state index contributed by atoms with van der Waals surface area (Å²) in [5.74, 6) is -7.37. The van der Waals surface area contributed by atoms with Gasteiger partial charge in [-0.25, -0.2) is 14.4 Å². The van der Waals surface area contributed by atoms with Gasteiger partial charge in [-0.1, -0.05) is 97.8 Å². The molecule has 0 aromatic carbocycles. The molecular formula is C50H76O16Si. The largest absolute Gasteiger partial charge is 0.466 e. The summed E-state index contributed by atoms with van der Waals surface area (Å²) in [6, 6.07) is 2.36. The molecule has 3 fully saturated rings. The minimum Gasteiger partial charge on any atom is -0.466 e. The van der Waals surface area contributed by atoms with E-state index in [2.05, 4.69) is 20.8 Å². The van der Waals surface area contributed by atoms with Crippen molar-refractivity contribution in [2.24, 2.45) is 10.8 Å². The summed E-state index contributed by atoms with van der Waals surface area (Å²) in [7, 11) is -1.08. The van der Waals surface area contributed by atoms with E-state index in [-0.39, 0.29) is 44.1 Å². The van der Waals surface area contributed by atoms with E-state index in [1.165, 1.54) is 31.4 Å². The molecule has 5 aliphatic heterocycles. The Bertz CT molecular complexity index is 1910. The van der Waals surface area contributed by atoms with Crippen molar-refractivity contribution >= 4 is 32.2 Å². The Morgan fingerprint density at radius 1 is 0.910 bits per heavy atom. The number of aliphatic hydroxyl groups is 4. The average molecular weight is 961 g/mol. The van der Waals surface area contributed by atoms with Gasteiger partial charge in [-0.05, 0) is 44.3 Å². The van der Waals surface area contributed by atoms with Gasteiger partial charge >= 0.3 is 23.9 Å². The number of ether oxygens (including phenoxy) is 7. The van der Waals surface area contributed by atoms with Gasteiger partial charge < -0.3 is 58.0 Å². The topological polar surface area (TPSA) is 223 Å². The smallest absolute Gasteiger partial charge is 0.331 e. The van der Waals surface area contributed by atoms with E-state index >= 15 is 0 Å². The van der Waals surface area contributed by atoms with Crippen molar-refractivity contribution in [3.05, 3.63) is 59.8 Å². The summed E-state index contributed by atoms with van der Waals surface area (Å²) in [5.41, 5.74) is -1.92. The molecule has 0 aromatic rings. The number of hydrogen-bond acceptors (Lipinski definition) is 16. The molecule has 0 radical (unpaired) electrons. The van der Waals surface area contributed by atoms with Crippen molar-refractivity contribution in [3.63, 3.8) is 0 Å². The van der Waals surface area contributed by atoms with E-state index in [9.17, 15) is 39.6 Å². The first kappa shape index (κ1) is 54.4. The quantitative estimate of drug-likeness (QED) is 0.0433. The number of aliphatic hydroxyl groups excluding tert-OH is 2. The summed E-state index contributed by atoms with van der Waals surface area (Å²) >= 11 is 0. The first-order valence-electron chi connectivity index (χ1n) is 24.1. The molecule has 0 saturated carbocycles. The molecule has 4 N–H and O–H groups in total. The molecule has 0 spiro atoms. The fourth-order valence-corrected chi connectivity index (χ4v) is 12.8. The van der Waals surface area contributed by atoms with Crippen LogP contribution in [-0.4, -0.2) is 132 Å². The first-order valence-corrected chi connectivity index (χ1v) is 26.6. The second-order valence-electron chi connectivity index (χ2n) is 20.0. The minimum atomic E-state index is -2.42. The van der Waals surface area contributed by atoms with Gasteiger partial charge in [0.2, 0.25) is 5.79 Å². The molecule has 17 heteroatoms. The summed E-state index contributed by atoms with van der Waals surface area (Å²) < 4.78 is 49.6. The molecule has 67 heavy (non-hydrogen) atoms. The summed E-state index contributed by atoms with van der Waals surface area (Å²) in [4.78, 5) is 53.4. The van der Waals surface area contributed by atoms with E-state index in [4.69, 9.17) is 37.6 Å². The number of unbranched alkanes of at least 4 members (excludes halogenated alkanes) is 1. The van der Waals surface area contributed by atoms with Gasteiger partial charge in [0.25, 0.3) is 0 Å². The highest BCUT2D eigenvalue weighted by Gasteiger charge is 2.63. The number of hydrogen-bond donors (Lipinski definition) is 4. The Hall–Kier alpha value is -3.52. The number of carbonyl (C=O) groups excluding carboxylic acids is 4. The zero-order valence-corrected chi connectivity index (χ0v) is 42.1. The second kappa shape index (κ2) is 22.5. The van der Waals surface area contributed by atoms with Crippen LogP contribution in [0, 0.1) is 10.8 Å². The summed E-state index contributed by atoms with van der Waals surface area (Å²) in [5, 5.41) is 48.4. The molecule has 6 bridgehead atoms. The van der Waals surface area contributed by atoms with Crippen LogP contribution in [-0.2, 0) is 56.8 Å². The van der Waals surface area contributed by atoms with Crippen molar-refractivity contribution in [1.29, 1.82) is 0 Å². The van der Waals surface area contributed by atoms with Gasteiger partial charge in [0.05, 0.1) is 50.2 Å². The number of fused-ring (bicyclic) bond motifs is 8. The highest BCUT2D eigenvalue weighted by atomic mass is 28.4. The van der Waals surface area contributed by atoms with Crippen LogP contribution in [0.3, 0.4) is 0 Å². The van der Waals surface area contributed by atoms with Crippen molar-refractivity contribution in [2.75, 3.05) is 7.11 Å². The van der Waals surface area contributed by atoms with Gasteiger partial charge in [-0.2, -0.15) is 0 Å². The van der Waals surface area contributed by atoms with Crippen LogP contribution < -0.4 is 0 Å². The van der Waals surface area contributed by atoms with Gasteiger partial charge in [0, 0.05) is 60.3 Å². The van der Waals surface area contributed by atoms with E-state index in [1.54, 1.807) is 52.8 Å². The Morgan fingerprint density at radius 2 is 1.61 bits per heavy atom. The van der Waals surface area contributed by atoms with Gasteiger partial charge in [-0.15, -0.1) is 0 Å². The average Bonchev–Trinajstić information content (AvgIpc) is 3.66. The monoisotopic (exact) mass is 960 g/mol. The van der Waals surface area contributed by atoms with Crippen molar-refractivity contribution in [2.45, 2.75) is 211 Å². The minimum absolute atomic E-state index is 0.0621. The van der Waals surface area contributed by atoms with Crippen LogP contribution >= 0.6 is 0 Å². The fraction of sp³-hybridized carbons (Fsp3) is 0.720. The predicted molar refractivity (Wildman–Crippen MR) is 248 cm³/mol. The number of rotatable bonds is 12. The number of carbonyl (C=O) groups is 4. The maximum atomic E-state index is 14.0. The molecule has 16 nitrogen and oxygen atoms in total. The third-order valence-electron chi connectivity index (χ3n) is 14.6. The lowest BCUT2D eigenvalue weighted by Gasteiger charge is -2.53. The lowest BCUT2D eigenvalue weighted by atomic mass is 9.70. The lowest BCUT2D eigenvalue weighted by molar-refractivity contribution is -0.348. The Morgan fingerprint density at radius 3 is 2.27 bits per heavy atom. The van der Waals surface area contributed by atoms with E-state index in [0.29, 0.717) is 5.57 Å². The first-order chi connectivity index (χ1) is 31.5. The predicted octanol–water partition coefficient (Wildman–Crippen LogP) is 6.10. The van der Waals surface area contributed by atoms with Crippen LogP contribution in [0.1, 0.15) is 120 Å². The molecular weight excluding hydrogens is 885 g/mol. The van der Waals surface area contributed by atoms with Gasteiger partial charge in [0.15, 0.2) is 26.3 Å². The summed E-state index contributed by atoms with van der Waals surface area (Å²) in [6.45, 7) is 16.7. The second-order valence-corrected chi connectivity index (χ2v) is 24.7. The fourth-order valence-electron chi connectivity index (χ4n) is 9.88. The third kappa shape index (κ3) is 12.6. The number of allylic oxidation sites excluding steroid dienone is 3. The molecule has 3 saturated heterocycles. The SMILES string of the molecule is CCC/C=C/C=C/C(=O)O[C@H]1C2=CC(=O)O[C@@H]2[C@H]2C[C@H]([C@@H](C)O[Si](CC)(CC)CC)OC(=O)C[C@H](O)C[C@@H]3C[C@H](O)C(C)(C)[C@](O)(C[C@@H]4C/C(=C/C(=O)OC)C[C@H](/C=C/C(C)(C)[C@]1(O)O2)O4)O3.